The van der Waals surface area contributed by atoms with E-state index in [0.717, 1.165) is 0 Å². The average Bonchev–Trinajstić information content (AvgIpc) is 2.61. The first-order valence-electron chi connectivity index (χ1n) is 9.26. The maximum absolute atomic E-state index is 12.5. The largest absolute Gasteiger partial charge is 0.444 e. The Morgan fingerprint density at radius 3 is 2.43 bits per heavy atom. The fourth-order valence-corrected chi connectivity index (χ4v) is 2.97. The zero-order valence-electron chi connectivity index (χ0n) is 16.6. The van der Waals surface area contributed by atoms with Gasteiger partial charge >= 0.3 is 6.09 Å². The van der Waals surface area contributed by atoms with Crippen molar-refractivity contribution in [2.45, 2.75) is 52.2 Å². The number of likely N-dealkylation sites (tertiary alicyclic amines) is 1. The minimum Gasteiger partial charge on any atom is -0.444 e. The number of hydrogen-bond donors (Lipinski definition) is 2. The lowest BCUT2D eigenvalue weighted by molar-refractivity contribution is -0.136. The molecular weight excluding hydrogens is 384 g/mol. The number of carbonyl (C=O) groups is 3. The Morgan fingerprint density at radius 1 is 1.25 bits per heavy atom. The number of hydrogen-bond acceptors (Lipinski definition) is 5. The molecule has 1 aliphatic heterocycles. The highest BCUT2D eigenvalue weighted by Crippen LogP contribution is 2.20. The molecule has 0 bridgehead atoms. The van der Waals surface area contributed by atoms with E-state index >= 15 is 0 Å². The van der Waals surface area contributed by atoms with E-state index in [9.17, 15) is 14.4 Å². The van der Waals surface area contributed by atoms with E-state index in [1.807, 2.05) is 0 Å². The summed E-state index contributed by atoms with van der Waals surface area (Å²) in [6.45, 7) is 7.80. The number of halogens is 1. The molecule has 0 aliphatic carbocycles. The van der Waals surface area contributed by atoms with E-state index in [2.05, 4.69) is 15.6 Å². The van der Waals surface area contributed by atoms with Crippen LogP contribution in [-0.2, 0) is 14.3 Å². The normalized spacial score (nSPS) is 16.2. The van der Waals surface area contributed by atoms with E-state index in [4.69, 9.17) is 16.3 Å². The molecule has 2 N–H and O–H groups in total. The van der Waals surface area contributed by atoms with Crippen LogP contribution in [0.25, 0.3) is 0 Å². The second-order valence-electron chi connectivity index (χ2n) is 7.82. The number of carbonyl (C=O) groups excluding carboxylic acids is 3. The first-order chi connectivity index (χ1) is 13.0. The first kappa shape index (κ1) is 21.9. The van der Waals surface area contributed by atoms with Gasteiger partial charge in [0, 0.05) is 25.2 Å². The highest BCUT2D eigenvalue weighted by molar-refractivity contribution is 6.30. The van der Waals surface area contributed by atoms with Gasteiger partial charge in [-0.25, -0.2) is 9.78 Å². The monoisotopic (exact) mass is 410 g/mol. The molecule has 8 nitrogen and oxygen atoms in total. The van der Waals surface area contributed by atoms with Crippen molar-refractivity contribution < 1.29 is 19.1 Å². The van der Waals surface area contributed by atoms with Gasteiger partial charge in [-0.1, -0.05) is 11.6 Å². The Balaban J connectivity index is 1.80. The van der Waals surface area contributed by atoms with Crippen molar-refractivity contribution in [3.8, 4) is 0 Å². The summed E-state index contributed by atoms with van der Waals surface area (Å²) in [5.74, 6) is -0.0651. The summed E-state index contributed by atoms with van der Waals surface area (Å²) < 4.78 is 5.17. The Labute approximate surface area is 170 Å². The molecule has 9 heteroatoms. The molecule has 1 aromatic heterocycles. The summed E-state index contributed by atoms with van der Waals surface area (Å²) in [6, 6.07) is 2.60. The molecule has 0 aromatic carbocycles. The number of aromatic nitrogens is 1. The number of rotatable bonds is 4. The number of amides is 3. The molecule has 0 radical (unpaired) electrons. The molecule has 2 heterocycles. The van der Waals surface area contributed by atoms with Gasteiger partial charge in [0.2, 0.25) is 11.8 Å². The van der Waals surface area contributed by atoms with Gasteiger partial charge in [-0.15, -0.1) is 0 Å². The van der Waals surface area contributed by atoms with Crippen molar-refractivity contribution in [2.75, 3.05) is 18.4 Å². The maximum Gasteiger partial charge on any atom is 0.408 e. The van der Waals surface area contributed by atoms with Gasteiger partial charge in [0.1, 0.15) is 17.5 Å². The lowest BCUT2D eigenvalue weighted by Crippen LogP contribution is -2.50. The van der Waals surface area contributed by atoms with Crippen LogP contribution in [0.4, 0.5) is 10.6 Å². The minimum atomic E-state index is -0.696. The van der Waals surface area contributed by atoms with Crippen molar-refractivity contribution in [1.29, 1.82) is 0 Å². The molecule has 154 valence electrons. The zero-order chi connectivity index (χ0) is 20.9. The Bertz CT molecular complexity index is 710. The van der Waals surface area contributed by atoms with Crippen molar-refractivity contribution >= 4 is 35.3 Å². The molecule has 3 amide bonds. The third-order valence-corrected chi connectivity index (χ3v) is 4.48. The number of nitrogens with zero attached hydrogens (tertiary/aromatic N) is 2. The van der Waals surface area contributed by atoms with Crippen LogP contribution in [-0.4, -0.2) is 52.5 Å². The van der Waals surface area contributed by atoms with Crippen molar-refractivity contribution in [3.05, 3.63) is 23.4 Å². The molecule has 1 atom stereocenters. The molecule has 28 heavy (non-hydrogen) atoms. The summed E-state index contributed by atoms with van der Waals surface area (Å²) in [5, 5.41) is 5.82. The third kappa shape index (κ3) is 6.67. The fraction of sp³-hybridized carbons (Fsp3) is 0.579. The summed E-state index contributed by atoms with van der Waals surface area (Å²) in [7, 11) is 0. The molecular formula is C19H27ClN4O4. The van der Waals surface area contributed by atoms with Gasteiger partial charge in [0.05, 0.1) is 5.02 Å². The number of alkyl carbamates (subject to hydrolysis) is 1. The summed E-state index contributed by atoms with van der Waals surface area (Å²) in [5.41, 5.74) is -0.627. The van der Waals surface area contributed by atoms with Crippen LogP contribution in [0.2, 0.25) is 5.02 Å². The Kier molecular flexibility index (Phi) is 7.23. The van der Waals surface area contributed by atoms with E-state index in [1.165, 1.54) is 6.20 Å². The third-order valence-electron chi connectivity index (χ3n) is 4.26. The quantitative estimate of drug-likeness (QED) is 0.794. The van der Waals surface area contributed by atoms with Crippen LogP contribution >= 0.6 is 11.6 Å². The zero-order valence-corrected chi connectivity index (χ0v) is 17.4. The SMILES string of the molecule is C[C@@H](NC(=O)OC(C)(C)C)C(=O)N1CCC(C(=O)Nc2ccc(Cl)cn2)CC1. The van der Waals surface area contributed by atoms with Gasteiger partial charge in [0.25, 0.3) is 0 Å². The van der Waals surface area contributed by atoms with Crippen LogP contribution in [0.3, 0.4) is 0 Å². The number of nitrogens with one attached hydrogen (secondary N) is 2. The Morgan fingerprint density at radius 2 is 1.89 bits per heavy atom. The summed E-state index contributed by atoms with van der Waals surface area (Å²) in [6.07, 6.45) is 1.93. The van der Waals surface area contributed by atoms with Gasteiger partial charge in [-0.2, -0.15) is 0 Å². The predicted molar refractivity (Wildman–Crippen MR) is 106 cm³/mol. The highest BCUT2D eigenvalue weighted by atomic mass is 35.5. The van der Waals surface area contributed by atoms with Crippen LogP contribution in [0, 0.1) is 5.92 Å². The topological polar surface area (TPSA) is 101 Å². The van der Waals surface area contributed by atoms with E-state index in [0.29, 0.717) is 36.8 Å². The standard InChI is InChI=1S/C19H27ClN4O4/c1-12(22-18(27)28-19(2,3)4)17(26)24-9-7-13(8-10-24)16(25)23-15-6-5-14(20)11-21-15/h5-6,11-13H,7-10H2,1-4H3,(H,22,27)(H,21,23,25)/t12-/m1/s1. The molecule has 1 aliphatic rings. The molecule has 1 saturated heterocycles. The van der Waals surface area contributed by atoms with Crippen molar-refractivity contribution in [3.63, 3.8) is 0 Å². The van der Waals surface area contributed by atoms with Crippen LogP contribution in [0.5, 0.6) is 0 Å². The first-order valence-corrected chi connectivity index (χ1v) is 9.63. The number of anilines is 1. The smallest absolute Gasteiger partial charge is 0.408 e. The molecule has 1 aromatic rings. The molecule has 0 unspecified atom stereocenters. The second-order valence-corrected chi connectivity index (χ2v) is 8.25. The van der Waals surface area contributed by atoms with Crippen LogP contribution in [0.15, 0.2) is 18.3 Å². The number of pyridine rings is 1. The van der Waals surface area contributed by atoms with E-state index in [-0.39, 0.29) is 17.7 Å². The second kappa shape index (κ2) is 9.23. The molecule has 2 rings (SSSR count). The van der Waals surface area contributed by atoms with Crippen LogP contribution in [0.1, 0.15) is 40.5 Å². The van der Waals surface area contributed by atoms with Crippen molar-refractivity contribution in [2.24, 2.45) is 5.92 Å². The van der Waals surface area contributed by atoms with Gasteiger partial charge in [-0.3, -0.25) is 9.59 Å². The molecule has 1 fully saturated rings. The summed E-state index contributed by atoms with van der Waals surface area (Å²) >= 11 is 5.78. The van der Waals surface area contributed by atoms with E-state index < -0.39 is 17.7 Å². The van der Waals surface area contributed by atoms with Crippen molar-refractivity contribution in [1.82, 2.24) is 15.2 Å². The predicted octanol–water partition coefficient (Wildman–Crippen LogP) is 2.83. The average molecular weight is 411 g/mol. The lowest BCUT2D eigenvalue weighted by atomic mass is 9.95. The highest BCUT2D eigenvalue weighted by Gasteiger charge is 2.30. The molecule has 0 spiro atoms. The van der Waals surface area contributed by atoms with Gasteiger partial charge in [-0.05, 0) is 52.7 Å². The Hall–Kier alpha value is -2.35. The maximum atomic E-state index is 12.5. The molecule has 0 saturated carbocycles. The lowest BCUT2D eigenvalue weighted by Gasteiger charge is -2.33. The number of ether oxygens (including phenoxy) is 1. The fourth-order valence-electron chi connectivity index (χ4n) is 2.86. The minimum absolute atomic E-state index is 0.123. The number of piperidine rings is 1. The van der Waals surface area contributed by atoms with Gasteiger partial charge in [0.15, 0.2) is 0 Å². The summed E-state index contributed by atoms with van der Waals surface area (Å²) in [4.78, 5) is 42.4. The van der Waals surface area contributed by atoms with E-state index in [1.54, 1.807) is 44.7 Å². The van der Waals surface area contributed by atoms with Crippen LogP contribution < -0.4 is 10.6 Å². The van der Waals surface area contributed by atoms with Gasteiger partial charge < -0.3 is 20.3 Å².